The number of hydrogen-bond donors (Lipinski definition) is 1. The second-order valence-corrected chi connectivity index (χ2v) is 9.41. The maximum absolute atomic E-state index is 12.1. The monoisotopic (exact) mass is 397 g/mol. The van der Waals surface area contributed by atoms with E-state index in [9.17, 15) is 4.79 Å². The number of rotatable bonds is 4. The van der Waals surface area contributed by atoms with Gasteiger partial charge in [0, 0.05) is 12.0 Å². The summed E-state index contributed by atoms with van der Waals surface area (Å²) in [6.45, 7) is 7.82. The maximum atomic E-state index is 12.1. The van der Waals surface area contributed by atoms with Gasteiger partial charge in [-0.05, 0) is 61.6 Å². The van der Waals surface area contributed by atoms with Crippen molar-refractivity contribution >= 4 is 6.09 Å². The fourth-order valence-electron chi connectivity index (χ4n) is 5.74. The van der Waals surface area contributed by atoms with Gasteiger partial charge in [-0.3, -0.25) is 0 Å². The van der Waals surface area contributed by atoms with Gasteiger partial charge in [-0.2, -0.15) is 0 Å². The zero-order chi connectivity index (χ0) is 20.4. The van der Waals surface area contributed by atoms with E-state index in [1.165, 1.54) is 30.4 Å². The summed E-state index contributed by atoms with van der Waals surface area (Å²) in [6, 6.07) is 8.19. The third kappa shape index (κ3) is 4.69. The number of benzene rings is 1. The Morgan fingerprint density at radius 2 is 1.86 bits per heavy atom. The largest absolute Gasteiger partial charge is 0.412 e. The molecule has 2 aliphatic carbocycles. The first kappa shape index (κ1) is 20.5. The van der Waals surface area contributed by atoms with E-state index >= 15 is 0 Å². The van der Waals surface area contributed by atoms with Crippen LogP contribution in [-0.4, -0.2) is 24.8 Å². The van der Waals surface area contributed by atoms with E-state index in [0.29, 0.717) is 29.4 Å². The Hall–Kier alpha value is -1.81. The van der Waals surface area contributed by atoms with E-state index in [0.717, 1.165) is 25.9 Å². The molecule has 4 nitrogen and oxygen atoms in total. The lowest BCUT2D eigenvalue weighted by atomic mass is 9.65. The first-order chi connectivity index (χ1) is 14.0. The van der Waals surface area contributed by atoms with Crippen LogP contribution in [0, 0.1) is 23.7 Å². The van der Waals surface area contributed by atoms with Crippen molar-refractivity contribution in [2.45, 2.75) is 71.4 Å². The van der Waals surface area contributed by atoms with E-state index in [2.05, 4.69) is 44.3 Å². The van der Waals surface area contributed by atoms with Crippen LogP contribution < -0.4 is 10.1 Å². The molecule has 5 atom stereocenters. The minimum Gasteiger partial charge on any atom is -0.410 e. The molecule has 4 heteroatoms. The Bertz CT molecular complexity index is 735. The molecule has 0 aromatic heterocycles. The Labute approximate surface area is 175 Å². The van der Waals surface area contributed by atoms with E-state index in [4.69, 9.17) is 9.47 Å². The Morgan fingerprint density at radius 1 is 1.14 bits per heavy atom. The van der Waals surface area contributed by atoms with Crippen molar-refractivity contribution in [1.82, 2.24) is 5.32 Å². The molecule has 1 heterocycles. The lowest BCUT2D eigenvalue weighted by Crippen LogP contribution is -2.47. The molecule has 1 aromatic rings. The molecule has 1 aromatic carbocycles. The molecule has 0 radical (unpaired) electrons. The minimum absolute atomic E-state index is 0.228. The van der Waals surface area contributed by atoms with Crippen LogP contribution in [0.3, 0.4) is 0 Å². The second-order valence-electron chi connectivity index (χ2n) is 9.41. The molecule has 3 aliphatic rings. The Balaban J connectivity index is 1.33. The van der Waals surface area contributed by atoms with Crippen LogP contribution in [0.15, 0.2) is 35.9 Å². The maximum Gasteiger partial charge on any atom is 0.412 e. The molecular weight excluding hydrogens is 362 g/mol. The van der Waals surface area contributed by atoms with E-state index in [1.807, 2.05) is 12.1 Å². The number of ether oxygens (including phenoxy) is 2. The minimum atomic E-state index is -0.336. The smallest absolute Gasteiger partial charge is 0.410 e. The van der Waals surface area contributed by atoms with Gasteiger partial charge in [0.05, 0.1) is 12.7 Å². The van der Waals surface area contributed by atoms with Crippen molar-refractivity contribution in [2.24, 2.45) is 23.7 Å². The number of nitrogens with one attached hydrogen (secondary N) is 1. The summed E-state index contributed by atoms with van der Waals surface area (Å²) in [4.78, 5) is 12.1. The van der Waals surface area contributed by atoms with Gasteiger partial charge in [0.25, 0.3) is 0 Å². The predicted octanol–water partition coefficient (Wildman–Crippen LogP) is 5.51. The average Bonchev–Trinajstić information content (AvgIpc) is 2.69. The Morgan fingerprint density at radius 3 is 2.59 bits per heavy atom. The predicted molar refractivity (Wildman–Crippen MR) is 115 cm³/mol. The fourth-order valence-corrected chi connectivity index (χ4v) is 5.74. The lowest BCUT2D eigenvalue weighted by molar-refractivity contribution is -0.0901. The van der Waals surface area contributed by atoms with Crippen molar-refractivity contribution < 1.29 is 14.3 Å². The molecule has 158 valence electrons. The van der Waals surface area contributed by atoms with Gasteiger partial charge < -0.3 is 14.8 Å². The third-order valence-corrected chi connectivity index (χ3v) is 7.37. The highest BCUT2D eigenvalue weighted by Crippen LogP contribution is 2.45. The Kier molecular flexibility index (Phi) is 6.29. The number of fused-ring (bicyclic) bond motifs is 2. The zero-order valence-corrected chi connectivity index (χ0v) is 18.0. The number of amides is 1. The van der Waals surface area contributed by atoms with Crippen molar-refractivity contribution in [1.29, 1.82) is 0 Å². The third-order valence-electron chi connectivity index (χ3n) is 7.37. The van der Waals surface area contributed by atoms with Gasteiger partial charge >= 0.3 is 6.09 Å². The molecule has 1 saturated heterocycles. The van der Waals surface area contributed by atoms with Crippen LogP contribution in [0.4, 0.5) is 4.79 Å². The van der Waals surface area contributed by atoms with Crippen LogP contribution in [0.1, 0.15) is 58.4 Å². The van der Waals surface area contributed by atoms with Crippen LogP contribution in [0.5, 0.6) is 5.75 Å². The van der Waals surface area contributed by atoms with E-state index in [-0.39, 0.29) is 18.2 Å². The highest BCUT2D eigenvalue weighted by Gasteiger charge is 2.43. The summed E-state index contributed by atoms with van der Waals surface area (Å²) in [5.41, 5.74) is 2.71. The first-order valence-corrected chi connectivity index (χ1v) is 11.4. The van der Waals surface area contributed by atoms with Crippen LogP contribution in [-0.2, 0) is 11.2 Å². The van der Waals surface area contributed by atoms with Gasteiger partial charge in [-0.1, -0.05) is 56.9 Å². The van der Waals surface area contributed by atoms with Crippen molar-refractivity contribution in [3.63, 3.8) is 0 Å². The van der Waals surface area contributed by atoms with E-state index < -0.39 is 0 Å². The summed E-state index contributed by atoms with van der Waals surface area (Å²) in [5.74, 6) is 3.02. The SMILES string of the molecule is CC1=C[C@@H](C)[C@H]2CO[C@@H](Cc3ccc(OC(=O)NC4CCCCC4)cc3)[C@H]1[C@@H]2C. The van der Waals surface area contributed by atoms with Crippen molar-refractivity contribution in [3.05, 3.63) is 41.5 Å². The number of hydrogen-bond acceptors (Lipinski definition) is 3. The summed E-state index contributed by atoms with van der Waals surface area (Å²) < 4.78 is 11.8. The summed E-state index contributed by atoms with van der Waals surface area (Å²) >= 11 is 0. The molecule has 2 fully saturated rings. The topological polar surface area (TPSA) is 47.6 Å². The van der Waals surface area contributed by atoms with Crippen molar-refractivity contribution in [3.8, 4) is 5.75 Å². The number of carbonyl (C=O) groups is 1. The highest BCUT2D eigenvalue weighted by atomic mass is 16.6. The molecule has 0 spiro atoms. The van der Waals surface area contributed by atoms with Gasteiger partial charge in [0.15, 0.2) is 0 Å². The van der Waals surface area contributed by atoms with Gasteiger partial charge in [-0.25, -0.2) is 4.79 Å². The van der Waals surface area contributed by atoms with Gasteiger partial charge in [0.2, 0.25) is 0 Å². The fraction of sp³-hybridized carbons (Fsp3) is 0.640. The molecule has 1 saturated carbocycles. The molecule has 1 amide bonds. The molecule has 0 unspecified atom stereocenters. The van der Waals surface area contributed by atoms with Crippen molar-refractivity contribution in [2.75, 3.05) is 6.61 Å². The van der Waals surface area contributed by atoms with Gasteiger partial charge in [0.1, 0.15) is 5.75 Å². The second kappa shape index (κ2) is 8.91. The quantitative estimate of drug-likeness (QED) is 0.681. The van der Waals surface area contributed by atoms with E-state index in [1.54, 1.807) is 0 Å². The normalized spacial score (nSPS) is 32.4. The van der Waals surface area contributed by atoms with Crippen LogP contribution in [0.25, 0.3) is 0 Å². The summed E-state index contributed by atoms with van der Waals surface area (Å²) in [7, 11) is 0. The van der Waals surface area contributed by atoms with Gasteiger partial charge in [-0.15, -0.1) is 0 Å². The standard InChI is InChI=1S/C25H35NO3/c1-16-13-17(2)24-18(3)22(16)15-28-23(24)14-19-9-11-21(12-10-19)29-25(27)26-20-7-5-4-6-8-20/h9-13,16,18,20,22-24H,4-8,14-15H2,1-3H3,(H,26,27)/t16-,18-,22-,23+,24-/m1/s1. The zero-order valence-electron chi connectivity index (χ0n) is 18.0. The average molecular weight is 398 g/mol. The molecule has 29 heavy (non-hydrogen) atoms. The molecular formula is C25H35NO3. The number of carbonyl (C=O) groups excluding carboxylic acids is 1. The lowest BCUT2D eigenvalue weighted by Gasteiger charge is -2.47. The highest BCUT2D eigenvalue weighted by molar-refractivity contribution is 5.70. The number of allylic oxidation sites excluding steroid dienone is 1. The summed E-state index contributed by atoms with van der Waals surface area (Å²) in [6.07, 6.45) is 9.01. The first-order valence-electron chi connectivity index (χ1n) is 11.4. The molecule has 2 bridgehead atoms. The molecule has 4 rings (SSSR count). The molecule has 1 N–H and O–H groups in total. The summed E-state index contributed by atoms with van der Waals surface area (Å²) in [5, 5.41) is 3.00. The molecule has 1 aliphatic heterocycles. The van der Waals surface area contributed by atoms with Crippen LogP contribution in [0.2, 0.25) is 0 Å². The van der Waals surface area contributed by atoms with Crippen LogP contribution >= 0.6 is 0 Å².